The monoisotopic (exact) mass is 337 g/mol. The lowest BCUT2D eigenvalue weighted by atomic mass is 9.96. The highest BCUT2D eigenvalue weighted by molar-refractivity contribution is 7.91. The van der Waals surface area contributed by atoms with Crippen LogP contribution in [0.5, 0.6) is 0 Å². The van der Waals surface area contributed by atoms with Crippen molar-refractivity contribution in [2.75, 3.05) is 19.3 Å². The minimum atomic E-state index is -3.19. The number of hydrogen-bond acceptors (Lipinski definition) is 3. The van der Waals surface area contributed by atoms with E-state index in [1.807, 2.05) is 6.07 Å². The zero-order valence-electron chi connectivity index (χ0n) is 13.8. The fourth-order valence-corrected chi connectivity index (χ4v) is 4.18. The molecule has 23 heavy (non-hydrogen) atoms. The van der Waals surface area contributed by atoms with Crippen LogP contribution in [0, 0.1) is 0 Å². The fourth-order valence-electron chi connectivity index (χ4n) is 2.85. The van der Waals surface area contributed by atoms with Crippen molar-refractivity contribution in [1.29, 1.82) is 0 Å². The number of nitrogens with zero attached hydrogens (tertiary/aromatic N) is 1. The Balaban J connectivity index is 1.73. The van der Waals surface area contributed by atoms with Crippen LogP contribution in [0.2, 0.25) is 0 Å². The summed E-state index contributed by atoms with van der Waals surface area (Å²) in [7, 11) is -1.44. The molecule has 128 valence electrons. The van der Waals surface area contributed by atoms with Gasteiger partial charge in [-0.2, -0.15) is 0 Å². The first-order valence-electron chi connectivity index (χ1n) is 8.37. The van der Waals surface area contributed by atoms with Crippen LogP contribution in [0.15, 0.2) is 40.2 Å². The molecule has 0 bridgehead atoms. The van der Waals surface area contributed by atoms with E-state index in [9.17, 15) is 8.42 Å². The van der Waals surface area contributed by atoms with Crippen molar-refractivity contribution in [3.05, 3.63) is 30.3 Å². The second-order valence-corrected chi connectivity index (χ2v) is 8.07. The molecule has 2 N–H and O–H groups in total. The molecule has 1 aliphatic carbocycles. The Labute approximate surface area is 139 Å². The van der Waals surface area contributed by atoms with E-state index in [4.69, 9.17) is 0 Å². The standard InChI is InChI=1S/C17H27N3O2S/c1-18-17(20-15-9-4-2-5-10-15)19-13-8-14-23(21,22)16-11-6-3-7-12-16/h3,6-7,11-12,15H,2,4-5,8-10,13-14H2,1H3,(H2,18,19,20). The molecule has 1 aromatic carbocycles. The maximum Gasteiger partial charge on any atom is 0.191 e. The highest BCUT2D eigenvalue weighted by atomic mass is 32.2. The number of hydrogen-bond donors (Lipinski definition) is 2. The van der Waals surface area contributed by atoms with Crippen molar-refractivity contribution in [2.24, 2.45) is 4.99 Å². The number of aliphatic imine (C=N–C) groups is 1. The zero-order chi connectivity index (χ0) is 16.5. The van der Waals surface area contributed by atoms with Crippen LogP contribution in [0.1, 0.15) is 38.5 Å². The molecule has 0 saturated heterocycles. The van der Waals surface area contributed by atoms with Gasteiger partial charge in [0.2, 0.25) is 0 Å². The maximum atomic E-state index is 12.2. The van der Waals surface area contributed by atoms with Crippen LogP contribution in [0.25, 0.3) is 0 Å². The van der Waals surface area contributed by atoms with Crippen LogP contribution in [-0.4, -0.2) is 39.8 Å². The normalized spacial score (nSPS) is 17.0. The summed E-state index contributed by atoms with van der Waals surface area (Å²) in [5.41, 5.74) is 0. The van der Waals surface area contributed by atoms with Crippen molar-refractivity contribution in [3.63, 3.8) is 0 Å². The molecule has 0 atom stereocenters. The van der Waals surface area contributed by atoms with E-state index in [1.54, 1.807) is 31.3 Å². The third kappa shape index (κ3) is 5.86. The van der Waals surface area contributed by atoms with E-state index in [2.05, 4.69) is 15.6 Å². The van der Waals surface area contributed by atoms with E-state index in [0.29, 0.717) is 23.9 Å². The fraction of sp³-hybridized carbons (Fsp3) is 0.588. The highest BCUT2D eigenvalue weighted by Crippen LogP contribution is 2.17. The molecule has 5 nitrogen and oxygen atoms in total. The van der Waals surface area contributed by atoms with Crippen molar-refractivity contribution < 1.29 is 8.42 Å². The first-order chi connectivity index (χ1) is 11.1. The van der Waals surface area contributed by atoms with E-state index in [-0.39, 0.29) is 5.75 Å². The van der Waals surface area contributed by atoms with E-state index in [0.717, 1.165) is 5.96 Å². The van der Waals surface area contributed by atoms with Crippen LogP contribution in [0.3, 0.4) is 0 Å². The van der Waals surface area contributed by atoms with Crippen LogP contribution in [-0.2, 0) is 9.84 Å². The Morgan fingerprint density at radius 1 is 1.17 bits per heavy atom. The lowest BCUT2D eigenvalue weighted by molar-refractivity contribution is 0.410. The van der Waals surface area contributed by atoms with Crippen molar-refractivity contribution in [3.8, 4) is 0 Å². The van der Waals surface area contributed by atoms with Gasteiger partial charge in [0, 0.05) is 19.6 Å². The molecular weight excluding hydrogens is 310 g/mol. The number of rotatable bonds is 6. The maximum absolute atomic E-state index is 12.2. The van der Waals surface area contributed by atoms with E-state index < -0.39 is 9.84 Å². The predicted octanol–water partition coefficient (Wildman–Crippen LogP) is 2.35. The molecular formula is C17H27N3O2S. The van der Waals surface area contributed by atoms with Gasteiger partial charge in [-0.05, 0) is 31.4 Å². The minimum absolute atomic E-state index is 0.143. The molecule has 1 aromatic rings. The Hall–Kier alpha value is -1.56. The second kappa shape index (κ2) is 8.91. The quantitative estimate of drug-likeness (QED) is 0.475. The highest BCUT2D eigenvalue weighted by Gasteiger charge is 2.15. The van der Waals surface area contributed by atoms with E-state index >= 15 is 0 Å². The van der Waals surface area contributed by atoms with Gasteiger partial charge in [0.05, 0.1) is 10.6 Å². The average Bonchev–Trinajstić information content (AvgIpc) is 2.59. The summed E-state index contributed by atoms with van der Waals surface area (Å²) < 4.78 is 24.4. The van der Waals surface area contributed by atoms with Gasteiger partial charge in [-0.25, -0.2) is 8.42 Å². The molecule has 0 radical (unpaired) electrons. The third-order valence-electron chi connectivity index (χ3n) is 4.15. The van der Waals surface area contributed by atoms with Gasteiger partial charge in [0.25, 0.3) is 0 Å². The molecule has 1 fully saturated rings. The van der Waals surface area contributed by atoms with Gasteiger partial charge >= 0.3 is 0 Å². The molecule has 0 heterocycles. The summed E-state index contributed by atoms with van der Waals surface area (Å²) in [4.78, 5) is 4.61. The first kappa shape index (κ1) is 17.8. The lowest BCUT2D eigenvalue weighted by Crippen LogP contribution is -2.44. The summed E-state index contributed by atoms with van der Waals surface area (Å²) in [6.07, 6.45) is 6.78. The topological polar surface area (TPSA) is 70.6 Å². The Morgan fingerprint density at radius 3 is 2.52 bits per heavy atom. The van der Waals surface area contributed by atoms with E-state index in [1.165, 1.54) is 32.1 Å². The largest absolute Gasteiger partial charge is 0.356 e. The molecule has 2 rings (SSSR count). The van der Waals surface area contributed by atoms with Gasteiger partial charge in [0.1, 0.15) is 0 Å². The van der Waals surface area contributed by atoms with Crippen LogP contribution in [0.4, 0.5) is 0 Å². The number of nitrogens with one attached hydrogen (secondary N) is 2. The van der Waals surface area contributed by atoms with Gasteiger partial charge in [0.15, 0.2) is 15.8 Å². The zero-order valence-corrected chi connectivity index (χ0v) is 14.6. The first-order valence-corrected chi connectivity index (χ1v) is 10.0. The van der Waals surface area contributed by atoms with Crippen molar-refractivity contribution in [1.82, 2.24) is 10.6 Å². The average molecular weight is 337 g/mol. The summed E-state index contributed by atoms with van der Waals surface area (Å²) in [5.74, 6) is 0.916. The minimum Gasteiger partial charge on any atom is -0.356 e. The third-order valence-corrected chi connectivity index (χ3v) is 5.97. The molecule has 1 aliphatic rings. The summed E-state index contributed by atoms with van der Waals surface area (Å²) >= 11 is 0. The van der Waals surface area contributed by atoms with Gasteiger partial charge in [-0.15, -0.1) is 0 Å². The summed E-state index contributed by atoms with van der Waals surface area (Å²) in [5, 5.41) is 6.64. The molecule has 0 spiro atoms. The van der Waals surface area contributed by atoms with Gasteiger partial charge in [-0.3, -0.25) is 4.99 Å². The molecule has 0 unspecified atom stereocenters. The Morgan fingerprint density at radius 2 is 1.87 bits per heavy atom. The lowest BCUT2D eigenvalue weighted by Gasteiger charge is -2.24. The molecule has 1 saturated carbocycles. The van der Waals surface area contributed by atoms with Gasteiger partial charge < -0.3 is 10.6 Å². The summed E-state index contributed by atoms with van der Waals surface area (Å²) in [6.45, 7) is 0.596. The van der Waals surface area contributed by atoms with Crippen LogP contribution >= 0.6 is 0 Å². The smallest absolute Gasteiger partial charge is 0.191 e. The Bertz CT molecular complexity index is 594. The molecule has 0 amide bonds. The number of sulfone groups is 1. The van der Waals surface area contributed by atoms with Crippen molar-refractivity contribution in [2.45, 2.75) is 49.5 Å². The SMILES string of the molecule is CN=C(NCCCS(=O)(=O)c1ccccc1)NC1CCCCC1. The number of guanidine groups is 1. The predicted molar refractivity (Wildman–Crippen MR) is 94.5 cm³/mol. The Kier molecular flexibility index (Phi) is 6.89. The van der Waals surface area contributed by atoms with Crippen molar-refractivity contribution >= 4 is 15.8 Å². The second-order valence-electron chi connectivity index (χ2n) is 5.96. The van der Waals surface area contributed by atoms with Crippen LogP contribution < -0.4 is 10.6 Å². The van der Waals surface area contributed by atoms with Gasteiger partial charge in [-0.1, -0.05) is 37.5 Å². The summed E-state index contributed by atoms with van der Waals surface area (Å²) in [6, 6.07) is 9.10. The molecule has 0 aromatic heterocycles. The molecule has 0 aliphatic heterocycles. The molecule has 6 heteroatoms. The number of benzene rings is 1.